The normalized spacial score (nSPS) is 10.8. The summed E-state index contributed by atoms with van der Waals surface area (Å²) < 4.78 is 27.7. The summed E-state index contributed by atoms with van der Waals surface area (Å²) in [5, 5.41) is 7.43. The van der Waals surface area contributed by atoms with E-state index in [1.165, 1.54) is 6.07 Å². The van der Waals surface area contributed by atoms with E-state index < -0.39 is 0 Å². The molecule has 0 bridgehead atoms. The molecule has 3 rings (SSSR count). The van der Waals surface area contributed by atoms with Crippen molar-refractivity contribution in [1.82, 2.24) is 14.9 Å². The van der Waals surface area contributed by atoms with Gasteiger partial charge in [-0.2, -0.15) is 5.10 Å². The minimum absolute atomic E-state index is 0.0502. The van der Waals surface area contributed by atoms with Gasteiger partial charge in [0.05, 0.1) is 18.2 Å². The molecule has 0 fully saturated rings. The van der Waals surface area contributed by atoms with Crippen molar-refractivity contribution in [2.24, 2.45) is 0 Å². The van der Waals surface area contributed by atoms with Crippen LogP contribution in [0.15, 0.2) is 36.4 Å². The van der Waals surface area contributed by atoms with Gasteiger partial charge in [0.15, 0.2) is 17.3 Å². The molecule has 0 saturated heterocycles. The molecule has 0 saturated carbocycles. The Bertz CT molecular complexity index is 1050. The number of nitrogens with one attached hydrogen (secondary N) is 2. The van der Waals surface area contributed by atoms with Gasteiger partial charge in [0.25, 0.3) is 0 Å². The van der Waals surface area contributed by atoms with Gasteiger partial charge in [0.2, 0.25) is 4.77 Å². The SMILES string of the molecule is CCCc1n[nH]c(=S)n1NCc1cc(Cl)c(OCc2ccccc2F)c(OCC)c1. The van der Waals surface area contributed by atoms with Crippen LogP contribution in [-0.4, -0.2) is 21.5 Å². The molecule has 1 heterocycles. The Morgan fingerprint density at radius 3 is 2.77 bits per heavy atom. The third-order valence-electron chi connectivity index (χ3n) is 4.36. The number of halogens is 2. The second kappa shape index (κ2) is 10.4. The number of nitrogens with zero attached hydrogens (tertiary/aromatic N) is 2. The van der Waals surface area contributed by atoms with Crippen LogP contribution in [0.5, 0.6) is 11.5 Å². The monoisotopic (exact) mass is 450 g/mol. The number of aryl methyl sites for hydroxylation is 1. The van der Waals surface area contributed by atoms with E-state index in [1.807, 2.05) is 13.0 Å². The largest absolute Gasteiger partial charge is 0.490 e. The average Bonchev–Trinajstić information content (AvgIpc) is 3.07. The topological polar surface area (TPSA) is 64.1 Å². The van der Waals surface area contributed by atoms with Crippen LogP contribution in [0.25, 0.3) is 0 Å². The minimum Gasteiger partial charge on any atom is -0.490 e. The summed E-state index contributed by atoms with van der Waals surface area (Å²) in [5.41, 5.74) is 4.58. The van der Waals surface area contributed by atoms with E-state index in [4.69, 9.17) is 33.3 Å². The van der Waals surface area contributed by atoms with Gasteiger partial charge >= 0.3 is 0 Å². The van der Waals surface area contributed by atoms with Gasteiger partial charge in [-0.3, -0.25) is 5.10 Å². The van der Waals surface area contributed by atoms with E-state index in [-0.39, 0.29) is 12.4 Å². The van der Waals surface area contributed by atoms with Crippen molar-refractivity contribution < 1.29 is 13.9 Å². The van der Waals surface area contributed by atoms with Crippen LogP contribution in [0, 0.1) is 10.6 Å². The van der Waals surface area contributed by atoms with E-state index in [0.29, 0.717) is 40.0 Å². The van der Waals surface area contributed by atoms with Crippen molar-refractivity contribution in [1.29, 1.82) is 0 Å². The van der Waals surface area contributed by atoms with E-state index in [1.54, 1.807) is 28.9 Å². The zero-order valence-electron chi connectivity index (χ0n) is 16.9. The van der Waals surface area contributed by atoms with Gasteiger partial charge in [-0.05, 0) is 49.3 Å². The summed E-state index contributed by atoms with van der Waals surface area (Å²) in [4.78, 5) is 0. The number of aromatic nitrogens is 3. The number of H-pyrrole nitrogens is 1. The first kappa shape index (κ1) is 22.1. The molecule has 0 unspecified atom stereocenters. The first-order chi connectivity index (χ1) is 14.5. The average molecular weight is 451 g/mol. The van der Waals surface area contributed by atoms with Gasteiger partial charge in [-0.25, -0.2) is 9.07 Å². The fourth-order valence-electron chi connectivity index (χ4n) is 2.95. The highest BCUT2D eigenvalue weighted by Gasteiger charge is 2.14. The summed E-state index contributed by atoms with van der Waals surface area (Å²) in [5.74, 6) is 1.40. The minimum atomic E-state index is -0.327. The number of aromatic amines is 1. The molecule has 0 spiro atoms. The maximum atomic E-state index is 13.9. The Labute approximate surface area is 185 Å². The molecule has 30 heavy (non-hydrogen) atoms. The standard InChI is InChI=1S/C21H24ClFN4O2S/c1-3-7-19-25-26-21(30)27(19)24-12-14-10-16(22)20(18(11-14)28-4-2)29-13-15-8-5-6-9-17(15)23/h5-6,8-11,24H,3-4,7,12-13H2,1-2H3,(H,26,30). The Morgan fingerprint density at radius 1 is 1.23 bits per heavy atom. The predicted molar refractivity (Wildman–Crippen MR) is 118 cm³/mol. The number of hydrogen-bond acceptors (Lipinski definition) is 5. The number of benzene rings is 2. The highest BCUT2D eigenvalue weighted by molar-refractivity contribution is 7.71. The molecule has 0 atom stereocenters. The number of rotatable bonds is 10. The fraction of sp³-hybridized carbons (Fsp3) is 0.333. The van der Waals surface area contributed by atoms with Crippen LogP contribution in [0.2, 0.25) is 5.02 Å². The van der Waals surface area contributed by atoms with Gasteiger partial charge in [-0.1, -0.05) is 36.7 Å². The molecule has 6 nitrogen and oxygen atoms in total. The molecular formula is C21H24ClFN4O2S. The smallest absolute Gasteiger partial charge is 0.214 e. The van der Waals surface area contributed by atoms with Crippen molar-refractivity contribution in [3.05, 3.63) is 69.0 Å². The molecule has 2 aromatic carbocycles. The van der Waals surface area contributed by atoms with Crippen LogP contribution in [0.3, 0.4) is 0 Å². The van der Waals surface area contributed by atoms with E-state index in [9.17, 15) is 4.39 Å². The van der Waals surface area contributed by atoms with E-state index in [2.05, 4.69) is 22.5 Å². The van der Waals surface area contributed by atoms with Crippen LogP contribution in [-0.2, 0) is 19.6 Å². The Kier molecular flexibility index (Phi) is 7.70. The van der Waals surface area contributed by atoms with Gasteiger partial charge < -0.3 is 14.9 Å². The van der Waals surface area contributed by atoms with Crippen molar-refractivity contribution in [3.8, 4) is 11.5 Å². The van der Waals surface area contributed by atoms with Crippen molar-refractivity contribution in [2.45, 2.75) is 39.8 Å². The molecule has 0 aliphatic heterocycles. The number of hydrogen-bond donors (Lipinski definition) is 2. The zero-order valence-corrected chi connectivity index (χ0v) is 18.4. The molecule has 9 heteroatoms. The highest BCUT2D eigenvalue weighted by atomic mass is 35.5. The third kappa shape index (κ3) is 5.31. The van der Waals surface area contributed by atoms with E-state index >= 15 is 0 Å². The van der Waals surface area contributed by atoms with Gasteiger partial charge in [0.1, 0.15) is 12.4 Å². The predicted octanol–water partition coefficient (Wildman–Crippen LogP) is 5.41. The zero-order chi connectivity index (χ0) is 21.5. The van der Waals surface area contributed by atoms with Gasteiger partial charge in [0, 0.05) is 12.0 Å². The Morgan fingerprint density at radius 2 is 2.03 bits per heavy atom. The lowest BCUT2D eigenvalue weighted by Crippen LogP contribution is -2.17. The quantitative estimate of drug-likeness (QED) is 0.404. The molecule has 160 valence electrons. The highest BCUT2D eigenvalue weighted by Crippen LogP contribution is 2.37. The summed E-state index contributed by atoms with van der Waals surface area (Å²) in [7, 11) is 0. The van der Waals surface area contributed by atoms with E-state index in [0.717, 1.165) is 24.2 Å². The van der Waals surface area contributed by atoms with Gasteiger partial charge in [-0.15, -0.1) is 0 Å². The summed E-state index contributed by atoms with van der Waals surface area (Å²) in [6.07, 6.45) is 1.75. The molecule has 3 aromatic rings. The lowest BCUT2D eigenvalue weighted by molar-refractivity contribution is 0.266. The third-order valence-corrected chi connectivity index (χ3v) is 4.91. The Hall–Kier alpha value is -2.58. The lowest BCUT2D eigenvalue weighted by Gasteiger charge is -2.16. The summed E-state index contributed by atoms with van der Waals surface area (Å²) >= 11 is 11.8. The van der Waals surface area contributed by atoms with Crippen molar-refractivity contribution >= 4 is 23.8 Å². The maximum absolute atomic E-state index is 13.9. The molecule has 0 radical (unpaired) electrons. The fourth-order valence-corrected chi connectivity index (χ4v) is 3.45. The second-order valence-corrected chi connectivity index (χ2v) is 7.38. The number of ether oxygens (including phenoxy) is 2. The molecular weight excluding hydrogens is 427 g/mol. The first-order valence-corrected chi connectivity index (χ1v) is 10.5. The second-order valence-electron chi connectivity index (χ2n) is 6.58. The molecule has 1 aromatic heterocycles. The Balaban J connectivity index is 1.78. The maximum Gasteiger partial charge on any atom is 0.214 e. The van der Waals surface area contributed by atoms with Crippen molar-refractivity contribution in [2.75, 3.05) is 12.0 Å². The molecule has 2 N–H and O–H groups in total. The first-order valence-electron chi connectivity index (χ1n) is 9.75. The summed E-state index contributed by atoms with van der Waals surface area (Å²) in [6, 6.07) is 10.1. The van der Waals surface area contributed by atoms with Crippen LogP contribution < -0.4 is 14.9 Å². The molecule has 0 aliphatic rings. The summed E-state index contributed by atoms with van der Waals surface area (Å²) in [6.45, 7) is 4.90. The lowest BCUT2D eigenvalue weighted by atomic mass is 10.2. The van der Waals surface area contributed by atoms with Crippen LogP contribution >= 0.6 is 23.8 Å². The van der Waals surface area contributed by atoms with Crippen LogP contribution in [0.4, 0.5) is 4.39 Å². The molecule has 0 amide bonds. The van der Waals surface area contributed by atoms with Crippen molar-refractivity contribution in [3.63, 3.8) is 0 Å². The molecule has 0 aliphatic carbocycles. The van der Waals surface area contributed by atoms with Crippen LogP contribution in [0.1, 0.15) is 37.2 Å².